The van der Waals surface area contributed by atoms with Gasteiger partial charge in [-0.05, 0) is 140 Å². The van der Waals surface area contributed by atoms with Crippen LogP contribution in [0.3, 0.4) is 0 Å². The molecule has 0 radical (unpaired) electrons. The monoisotopic (exact) mass is 454 g/mol. The van der Waals surface area contributed by atoms with Crippen LogP contribution in [0, 0.1) is 69.0 Å². The smallest absolute Gasteiger partial charge is 0.0199 e. The molecule has 0 heterocycles. The summed E-state index contributed by atoms with van der Waals surface area (Å²) in [5.41, 5.74) is 2.91. The highest BCUT2D eigenvalue weighted by molar-refractivity contribution is 5.28. The topological polar surface area (TPSA) is 0 Å². The third-order valence-corrected chi connectivity index (χ3v) is 13.8. The average Bonchev–Trinajstić information content (AvgIpc) is 3.34. The molecular weight excluding hydrogens is 396 g/mol. The Bertz CT molecular complexity index is 718. The van der Waals surface area contributed by atoms with Crippen LogP contribution in [0.4, 0.5) is 0 Å². The van der Waals surface area contributed by atoms with Gasteiger partial charge in [0.25, 0.3) is 0 Å². The van der Waals surface area contributed by atoms with Gasteiger partial charge in [-0.15, -0.1) is 0 Å². The second-order valence-corrected chi connectivity index (χ2v) is 15.2. The Balaban J connectivity index is 0.00000111. The maximum atomic E-state index is 2.81. The van der Waals surface area contributed by atoms with E-state index in [2.05, 4.69) is 41.5 Å². The molecule has 0 heteroatoms. The zero-order valence-electron chi connectivity index (χ0n) is 23.8. The van der Waals surface area contributed by atoms with E-state index in [1.807, 2.05) is 13.8 Å². The summed E-state index contributed by atoms with van der Waals surface area (Å²) in [7, 11) is 0. The van der Waals surface area contributed by atoms with Crippen LogP contribution in [0.1, 0.15) is 139 Å². The SMILES string of the molecule is CC.CCC(C(C)C)C1CCC2C(C1)CC1C3CCC4C(C)(C)CCCC45CC35CCC21C. The minimum absolute atomic E-state index is 0.621. The fourth-order valence-corrected chi connectivity index (χ4v) is 12.7. The van der Waals surface area contributed by atoms with Gasteiger partial charge in [-0.2, -0.15) is 0 Å². The van der Waals surface area contributed by atoms with E-state index in [-0.39, 0.29) is 0 Å². The van der Waals surface area contributed by atoms with E-state index in [4.69, 9.17) is 0 Å². The molecule has 6 aliphatic rings. The van der Waals surface area contributed by atoms with Crippen molar-refractivity contribution in [3.05, 3.63) is 0 Å². The molecule has 0 amide bonds. The van der Waals surface area contributed by atoms with Crippen molar-refractivity contribution in [1.29, 1.82) is 0 Å². The first-order valence-electron chi connectivity index (χ1n) is 15.7. The lowest BCUT2D eigenvalue weighted by Gasteiger charge is -2.58. The molecule has 0 N–H and O–H groups in total. The predicted molar refractivity (Wildman–Crippen MR) is 143 cm³/mol. The van der Waals surface area contributed by atoms with Gasteiger partial charge in [0.2, 0.25) is 0 Å². The summed E-state index contributed by atoms with van der Waals surface area (Å²) < 4.78 is 0. The summed E-state index contributed by atoms with van der Waals surface area (Å²) in [5.74, 6) is 8.29. The van der Waals surface area contributed by atoms with Crippen LogP contribution in [0.25, 0.3) is 0 Å². The van der Waals surface area contributed by atoms with E-state index in [1.54, 1.807) is 64.2 Å². The third kappa shape index (κ3) is 3.26. The highest BCUT2D eigenvalue weighted by Gasteiger charge is 2.79. The Hall–Kier alpha value is 0. The lowest BCUT2D eigenvalue weighted by atomic mass is 9.46. The number of hydrogen-bond donors (Lipinski definition) is 0. The van der Waals surface area contributed by atoms with Gasteiger partial charge < -0.3 is 0 Å². The fourth-order valence-electron chi connectivity index (χ4n) is 12.7. The lowest BCUT2D eigenvalue weighted by Crippen LogP contribution is -2.51. The second-order valence-electron chi connectivity index (χ2n) is 15.2. The summed E-state index contributed by atoms with van der Waals surface area (Å²) in [6.07, 6.45) is 20.4. The van der Waals surface area contributed by atoms with Crippen LogP contribution in [-0.4, -0.2) is 0 Å². The minimum Gasteiger partial charge on any atom is -0.0683 e. The second kappa shape index (κ2) is 8.26. The molecule has 6 saturated carbocycles. The Kier molecular flexibility index (Phi) is 6.18. The van der Waals surface area contributed by atoms with Gasteiger partial charge in [-0.25, -0.2) is 0 Å². The largest absolute Gasteiger partial charge is 0.0683 e. The third-order valence-electron chi connectivity index (χ3n) is 13.8. The predicted octanol–water partition coefficient (Wildman–Crippen LogP) is 10.2. The Labute approximate surface area is 207 Å². The molecule has 0 aromatic rings. The van der Waals surface area contributed by atoms with Crippen LogP contribution in [-0.2, 0) is 0 Å². The van der Waals surface area contributed by atoms with Crippen LogP contribution < -0.4 is 0 Å². The van der Waals surface area contributed by atoms with E-state index in [1.165, 1.54) is 19.3 Å². The van der Waals surface area contributed by atoms with Gasteiger partial charge in [-0.3, -0.25) is 0 Å². The molecule has 6 fully saturated rings. The van der Waals surface area contributed by atoms with Gasteiger partial charge in [0.1, 0.15) is 0 Å². The summed E-state index contributed by atoms with van der Waals surface area (Å²) in [5, 5.41) is 0. The van der Waals surface area contributed by atoms with Crippen molar-refractivity contribution in [2.45, 2.75) is 139 Å². The molecule has 10 atom stereocenters. The van der Waals surface area contributed by atoms with Crippen molar-refractivity contribution in [1.82, 2.24) is 0 Å². The lowest BCUT2D eigenvalue weighted by molar-refractivity contribution is -0.0946. The molecule has 6 aliphatic carbocycles. The standard InChI is InChI=1S/C31H52.C2H6/c1-7-23(20(2)3)21-9-10-24-22(17-21)18-26-25-11-12-27-28(4,5)13-8-14-31(27)19-30(25,31)16-15-29(24,26)6;1-2/h20-27H,7-19H2,1-6H3;1-2H3. The van der Waals surface area contributed by atoms with Crippen LogP contribution in [0.15, 0.2) is 0 Å². The molecule has 0 saturated heterocycles. The summed E-state index contributed by atoms with van der Waals surface area (Å²) in [6, 6.07) is 0. The first kappa shape index (κ1) is 24.7. The van der Waals surface area contributed by atoms with Crippen molar-refractivity contribution < 1.29 is 0 Å². The summed E-state index contributed by atoms with van der Waals surface area (Å²) in [4.78, 5) is 0. The maximum Gasteiger partial charge on any atom is -0.0199 e. The Morgan fingerprint density at radius 2 is 1.48 bits per heavy atom. The molecule has 33 heavy (non-hydrogen) atoms. The molecular formula is C33H58. The van der Waals surface area contributed by atoms with Crippen LogP contribution in [0.2, 0.25) is 0 Å². The van der Waals surface area contributed by atoms with Crippen molar-refractivity contribution in [2.75, 3.05) is 0 Å². The fraction of sp³-hybridized carbons (Fsp3) is 1.00. The first-order valence-corrected chi connectivity index (χ1v) is 15.7. The van der Waals surface area contributed by atoms with Crippen molar-refractivity contribution in [3.8, 4) is 0 Å². The molecule has 0 nitrogen and oxygen atoms in total. The number of fused-ring (bicyclic) bond motifs is 4. The van der Waals surface area contributed by atoms with Crippen molar-refractivity contribution >= 4 is 0 Å². The molecule has 0 aromatic carbocycles. The number of hydrogen-bond acceptors (Lipinski definition) is 0. The van der Waals surface area contributed by atoms with E-state index >= 15 is 0 Å². The Morgan fingerprint density at radius 1 is 0.758 bits per heavy atom. The Morgan fingerprint density at radius 3 is 2.18 bits per heavy atom. The van der Waals surface area contributed by atoms with E-state index < -0.39 is 0 Å². The van der Waals surface area contributed by atoms with E-state index in [0.29, 0.717) is 10.8 Å². The van der Waals surface area contributed by atoms with Crippen LogP contribution in [0.5, 0.6) is 0 Å². The zero-order valence-corrected chi connectivity index (χ0v) is 23.8. The van der Waals surface area contributed by atoms with E-state index in [0.717, 1.165) is 58.2 Å². The zero-order chi connectivity index (χ0) is 23.8. The highest BCUT2D eigenvalue weighted by atomic mass is 14.8. The summed E-state index contributed by atoms with van der Waals surface area (Å²) >= 11 is 0. The summed E-state index contributed by atoms with van der Waals surface area (Å²) in [6.45, 7) is 19.5. The minimum atomic E-state index is 0.621. The number of rotatable bonds is 3. The van der Waals surface area contributed by atoms with Gasteiger partial charge in [-0.1, -0.05) is 68.2 Å². The van der Waals surface area contributed by atoms with Gasteiger partial charge in [0, 0.05) is 0 Å². The quantitative estimate of drug-likeness (QED) is 0.398. The van der Waals surface area contributed by atoms with Gasteiger partial charge >= 0.3 is 0 Å². The molecule has 0 aliphatic heterocycles. The van der Waals surface area contributed by atoms with E-state index in [9.17, 15) is 0 Å². The average molecular weight is 455 g/mol. The molecule has 2 spiro atoms. The molecule has 10 unspecified atom stereocenters. The first-order chi connectivity index (χ1) is 15.7. The van der Waals surface area contributed by atoms with Crippen LogP contribution >= 0.6 is 0 Å². The van der Waals surface area contributed by atoms with Crippen molar-refractivity contribution in [3.63, 3.8) is 0 Å². The molecule has 0 aromatic heterocycles. The maximum absolute atomic E-state index is 2.81. The molecule has 0 bridgehead atoms. The van der Waals surface area contributed by atoms with Gasteiger partial charge in [0.15, 0.2) is 0 Å². The molecule has 6 rings (SSSR count). The van der Waals surface area contributed by atoms with Crippen molar-refractivity contribution in [2.24, 2.45) is 69.0 Å². The molecule has 190 valence electrons. The van der Waals surface area contributed by atoms with Gasteiger partial charge in [0.05, 0.1) is 0 Å². The highest BCUT2D eigenvalue weighted by Crippen LogP contribution is 2.87. The normalized spacial score (nSPS) is 52.3.